The summed E-state index contributed by atoms with van der Waals surface area (Å²) in [5, 5.41) is 29.4. The standard InChI is InChI=1S/C12H13N3O4/c16-5-7-8(17)9(18)10(19-7)12-14-4-6-2-1-3-13-11(6)15-12/h1-4,7-10,16-18H,5H2/t7-,8-,9-,10-/m1/s1. The van der Waals surface area contributed by atoms with Crippen molar-refractivity contribution < 1.29 is 20.1 Å². The lowest BCUT2D eigenvalue weighted by molar-refractivity contribution is -0.0252. The van der Waals surface area contributed by atoms with Gasteiger partial charge in [-0.05, 0) is 12.1 Å². The van der Waals surface area contributed by atoms with Gasteiger partial charge < -0.3 is 20.1 Å². The van der Waals surface area contributed by atoms with E-state index in [4.69, 9.17) is 9.84 Å². The third kappa shape index (κ3) is 2.06. The summed E-state index contributed by atoms with van der Waals surface area (Å²) >= 11 is 0. The fraction of sp³-hybridized carbons (Fsp3) is 0.417. The van der Waals surface area contributed by atoms with Crippen molar-refractivity contribution in [2.24, 2.45) is 0 Å². The summed E-state index contributed by atoms with van der Waals surface area (Å²) in [5.41, 5.74) is 0.491. The zero-order valence-corrected chi connectivity index (χ0v) is 9.92. The van der Waals surface area contributed by atoms with Gasteiger partial charge in [-0.15, -0.1) is 0 Å². The normalized spacial score (nSPS) is 30.9. The molecular formula is C12H13N3O4. The van der Waals surface area contributed by atoms with E-state index in [9.17, 15) is 10.2 Å². The molecule has 0 radical (unpaired) electrons. The molecule has 1 saturated heterocycles. The van der Waals surface area contributed by atoms with Crippen molar-refractivity contribution in [2.75, 3.05) is 6.61 Å². The zero-order chi connectivity index (χ0) is 13.4. The molecule has 2 aromatic rings. The number of ether oxygens (including phenoxy) is 1. The lowest BCUT2D eigenvalue weighted by atomic mass is 10.1. The molecule has 100 valence electrons. The quantitative estimate of drug-likeness (QED) is 0.649. The molecule has 0 saturated carbocycles. The summed E-state index contributed by atoms with van der Waals surface area (Å²) in [6.07, 6.45) is -0.826. The minimum Gasteiger partial charge on any atom is -0.394 e. The Kier molecular flexibility index (Phi) is 3.11. The SMILES string of the molecule is OC[C@H]1O[C@@H](c2ncc3cccnc3n2)[C@H](O)[C@@H]1O. The van der Waals surface area contributed by atoms with E-state index < -0.39 is 24.4 Å². The first-order chi connectivity index (χ1) is 9.20. The number of aliphatic hydroxyl groups is 3. The molecule has 4 atom stereocenters. The summed E-state index contributed by atoms with van der Waals surface area (Å²) in [7, 11) is 0. The Morgan fingerprint density at radius 3 is 2.79 bits per heavy atom. The minimum absolute atomic E-state index is 0.244. The predicted molar refractivity (Wildman–Crippen MR) is 64.0 cm³/mol. The van der Waals surface area contributed by atoms with Gasteiger partial charge in [0, 0.05) is 17.8 Å². The van der Waals surface area contributed by atoms with Crippen molar-refractivity contribution in [3.63, 3.8) is 0 Å². The van der Waals surface area contributed by atoms with Crippen LogP contribution >= 0.6 is 0 Å². The molecular weight excluding hydrogens is 250 g/mol. The van der Waals surface area contributed by atoms with Crippen LogP contribution in [0, 0.1) is 0 Å². The van der Waals surface area contributed by atoms with E-state index in [-0.39, 0.29) is 12.4 Å². The molecule has 7 heteroatoms. The highest BCUT2D eigenvalue weighted by Gasteiger charge is 2.44. The Labute approximate surface area is 108 Å². The molecule has 7 nitrogen and oxygen atoms in total. The number of fused-ring (bicyclic) bond motifs is 1. The summed E-state index contributed by atoms with van der Waals surface area (Å²) in [4.78, 5) is 12.4. The van der Waals surface area contributed by atoms with Crippen LogP contribution in [0.3, 0.4) is 0 Å². The first-order valence-electron chi connectivity index (χ1n) is 5.91. The van der Waals surface area contributed by atoms with Gasteiger partial charge in [-0.25, -0.2) is 15.0 Å². The van der Waals surface area contributed by atoms with Gasteiger partial charge in [-0.1, -0.05) is 0 Å². The molecule has 0 aromatic carbocycles. The molecule has 0 spiro atoms. The van der Waals surface area contributed by atoms with Gasteiger partial charge in [0.05, 0.1) is 6.61 Å². The third-order valence-corrected chi connectivity index (χ3v) is 3.17. The molecule has 0 aliphatic carbocycles. The molecule has 19 heavy (non-hydrogen) atoms. The van der Waals surface area contributed by atoms with Crippen molar-refractivity contribution in [1.82, 2.24) is 15.0 Å². The van der Waals surface area contributed by atoms with Crippen LogP contribution in [0.25, 0.3) is 11.0 Å². The van der Waals surface area contributed by atoms with Crippen LogP contribution in [0.5, 0.6) is 0 Å². The van der Waals surface area contributed by atoms with E-state index >= 15 is 0 Å². The number of hydrogen-bond acceptors (Lipinski definition) is 7. The van der Waals surface area contributed by atoms with E-state index in [1.54, 1.807) is 18.5 Å². The van der Waals surface area contributed by atoms with Crippen LogP contribution in [0.1, 0.15) is 11.9 Å². The Balaban J connectivity index is 1.96. The minimum atomic E-state index is -1.17. The van der Waals surface area contributed by atoms with Crippen molar-refractivity contribution in [1.29, 1.82) is 0 Å². The molecule has 1 fully saturated rings. The molecule has 0 bridgehead atoms. The summed E-state index contributed by atoms with van der Waals surface area (Å²) in [5.74, 6) is 0.244. The number of pyridine rings is 1. The first-order valence-corrected chi connectivity index (χ1v) is 5.91. The van der Waals surface area contributed by atoms with Gasteiger partial charge in [0.2, 0.25) is 0 Å². The average Bonchev–Trinajstić information content (AvgIpc) is 2.74. The number of aromatic nitrogens is 3. The van der Waals surface area contributed by atoms with E-state index in [0.717, 1.165) is 5.39 Å². The summed E-state index contributed by atoms with van der Waals surface area (Å²) < 4.78 is 5.37. The molecule has 0 amide bonds. The van der Waals surface area contributed by atoms with Crippen molar-refractivity contribution in [3.05, 3.63) is 30.4 Å². The van der Waals surface area contributed by atoms with E-state index in [2.05, 4.69) is 15.0 Å². The molecule has 3 N–H and O–H groups in total. The molecule has 2 aromatic heterocycles. The monoisotopic (exact) mass is 263 g/mol. The number of aliphatic hydroxyl groups excluding tert-OH is 3. The Hall–Kier alpha value is -1.67. The maximum atomic E-state index is 9.90. The molecule has 0 unspecified atom stereocenters. The van der Waals surface area contributed by atoms with Gasteiger partial charge in [0.25, 0.3) is 0 Å². The van der Waals surface area contributed by atoms with Gasteiger partial charge >= 0.3 is 0 Å². The molecule has 3 rings (SSSR count). The van der Waals surface area contributed by atoms with Gasteiger partial charge in [0.1, 0.15) is 24.4 Å². The highest BCUT2D eigenvalue weighted by atomic mass is 16.6. The maximum Gasteiger partial charge on any atom is 0.162 e. The molecule has 1 aliphatic rings. The molecule has 1 aliphatic heterocycles. The largest absolute Gasteiger partial charge is 0.394 e. The van der Waals surface area contributed by atoms with E-state index in [1.165, 1.54) is 0 Å². The van der Waals surface area contributed by atoms with E-state index in [1.807, 2.05) is 6.07 Å². The van der Waals surface area contributed by atoms with E-state index in [0.29, 0.717) is 5.65 Å². The van der Waals surface area contributed by atoms with Crippen LogP contribution in [-0.4, -0.2) is 55.2 Å². The smallest absolute Gasteiger partial charge is 0.162 e. The molecule has 3 heterocycles. The predicted octanol–water partition coefficient (Wildman–Crippen LogP) is -0.821. The highest BCUT2D eigenvalue weighted by molar-refractivity contribution is 5.72. The van der Waals surface area contributed by atoms with Gasteiger partial charge in [-0.3, -0.25) is 0 Å². The highest BCUT2D eigenvalue weighted by Crippen LogP contribution is 2.31. The third-order valence-electron chi connectivity index (χ3n) is 3.17. The second-order valence-electron chi connectivity index (χ2n) is 4.40. The Bertz CT molecular complexity index is 594. The van der Waals surface area contributed by atoms with Gasteiger partial charge in [0.15, 0.2) is 11.5 Å². The van der Waals surface area contributed by atoms with Crippen LogP contribution in [0.2, 0.25) is 0 Å². The summed E-state index contributed by atoms with van der Waals surface area (Å²) in [6.45, 7) is -0.374. The fourth-order valence-corrected chi connectivity index (χ4v) is 2.13. The Morgan fingerprint density at radius 1 is 1.21 bits per heavy atom. The van der Waals surface area contributed by atoms with Gasteiger partial charge in [-0.2, -0.15) is 0 Å². The lowest BCUT2D eigenvalue weighted by Crippen LogP contribution is -2.32. The number of hydrogen-bond donors (Lipinski definition) is 3. The van der Waals surface area contributed by atoms with Crippen molar-refractivity contribution in [2.45, 2.75) is 24.4 Å². The lowest BCUT2D eigenvalue weighted by Gasteiger charge is -2.13. The van der Waals surface area contributed by atoms with Crippen LogP contribution < -0.4 is 0 Å². The Morgan fingerprint density at radius 2 is 2.05 bits per heavy atom. The van der Waals surface area contributed by atoms with Crippen LogP contribution in [0.4, 0.5) is 0 Å². The zero-order valence-electron chi connectivity index (χ0n) is 9.92. The maximum absolute atomic E-state index is 9.90. The topological polar surface area (TPSA) is 109 Å². The number of nitrogens with zero attached hydrogens (tertiary/aromatic N) is 3. The van der Waals surface area contributed by atoms with Crippen molar-refractivity contribution in [3.8, 4) is 0 Å². The average molecular weight is 263 g/mol. The number of rotatable bonds is 2. The fourth-order valence-electron chi connectivity index (χ4n) is 2.13. The second-order valence-corrected chi connectivity index (χ2v) is 4.40. The van der Waals surface area contributed by atoms with Crippen molar-refractivity contribution >= 4 is 11.0 Å². The first kappa shape index (κ1) is 12.4. The second kappa shape index (κ2) is 4.78. The van der Waals surface area contributed by atoms with Crippen LogP contribution in [-0.2, 0) is 4.74 Å². The summed E-state index contributed by atoms with van der Waals surface area (Å²) in [6, 6.07) is 3.60. The van der Waals surface area contributed by atoms with Crippen LogP contribution in [0.15, 0.2) is 24.5 Å².